The van der Waals surface area contributed by atoms with Crippen molar-refractivity contribution in [1.29, 1.82) is 0 Å². The first-order chi connectivity index (χ1) is 14.4. The molecule has 0 aliphatic carbocycles. The van der Waals surface area contributed by atoms with Gasteiger partial charge in [-0.15, -0.1) is 0 Å². The Hall–Kier alpha value is -3.34. The SMILES string of the molecule is CCc1cccc(C)c1-n1c(C)cc(/C=N\NC(=O)c2ccc(C)cc2OC)c1C. The highest BCUT2D eigenvalue weighted by Gasteiger charge is 2.15. The Morgan fingerprint density at radius 3 is 2.60 bits per heavy atom. The Morgan fingerprint density at radius 2 is 1.90 bits per heavy atom. The van der Waals surface area contributed by atoms with Crippen molar-refractivity contribution in [2.24, 2.45) is 5.10 Å². The fourth-order valence-corrected chi connectivity index (χ4v) is 3.79. The number of para-hydroxylation sites is 1. The van der Waals surface area contributed by atoms with Gasteiger partial charge in [-0.05, 0) is 69.0 Å². The van der Waals surface area contributed by atoms with E-state index in [9.17, 15) is 4.79 Å². The van der Waals surface area contributed by atoms with Crippen LogP contribution in [0.25, 0.3) is 5.69 Å². The Kier molecular flexibility index (Phi) is 6.40. The molecule has 30 heavy (non-hydrogen) atoms. The van der Waals surface area contributed by atoms with E-state index in [1.165, 1.54) is 16.8 Å². The minimum atomic E-state index is -0.302. The van der Waals surface area contributed by atoms with E-state index in [2.05, 4.69) is 67.1 Å². The number of carbonyl (C=O) groups excluding carboxylic acids is 1. The van der Waals surface area contributed by atoms with Crippen LogP contribution >= 0.6 is 0 Å². The topological polar surface area (TPSA) is 55.6 Å². The third-order valence-electron chi connectivity index (χ3n) is 5.37. The molecule has 0 spiro atoms. The van der Waals surface area contributed by atoms with Gasteiger partial charge in [0, 0.05) is 17.0 Å². The summed E-state index contributed by atoms with van der Waals surface area (Å²) >= 11 is 0. The van der Waals surface area contributed by atoms with Gasteiger partial charge in [0.25, 0.3) is 5.91 Å². The molecule has 0 aliphatic rings. The number of hydrogen-bond donors (Lipinski definition) is 1. The van der Waals surface area contributed by atoms with Crippen molar-refractivity contribution in [1.82, 2.24) is 9.99 Å². The van der Waals surface area contributed by atoms with Gasteiger partial charge < -0.3 is 9.30 Å². The molecule has 1 amide bonds. The van der Waals surface area contributed by atoms with Crippen molar-refractivity contribution in [2.75, 3.05) is 7.11 Å². The maximum Gasteiger partial charge on any atom is 0.275 e. The number of amides is 1. The summed E-state index contributed by atoms with van der Waals surface area (Å²) in [5, 5.41) is 4.20. The first-order valence-electron chi connectivity index (χ1n) is 10.1. The maximum atomic E-state index is 12.5. The van der Waals surface area contributed by atoms with Gasteiger partial charge in [0.1, 0.15) is 5.75 Å². The average molecular weight is 404 g/mol. The molecule has 0 unspecified atom stereocenters. The second-order valence-electron chi connectivity index (χ2n) is 7.50. The van der Waals surface area contributed by atoms with Gasteiger partial charge >= 0.3 is 0 Å². The number of aromatic nitrogens is 1. The lowest BCUT2D eigenvalue weighted by Crippen LogP contribution is -2.18. The summed E-state index contributed by atoms with van der Waals surface area (Å²) in [7, 11) is 1.56. The van der Waals surface area contributed by atoms with Gasteiger partial charge in [-0.3, -0.25) is 4.79 Å². The highest BCUT2D eigenvalue weighted by molar-refractivity contribution is 5.97. The van der Waals surface area contributed by atoms with Crippen LogP contribution in [0, 0.1) is 27.7 Å². The van der Waals surface area contributed by atoms with Gasteiger partial charge in [0.2, 0.25) is 0 Å². The summed E-state index contributed by atoms with van der Waals surface area (Å²) < 4.78 is 7.58. The summed E-state index contributed by atoms with van der Waals surface area (Å²) in [5.41, 5.74) is 11.0. The molecule has 0 radical (unpaired) electrons. The predicted molar refractivity (Wildman–Crippen MR) is 122 cm³/mol. The number of benzene rings is 2. The summed E-state index contributed by atoms with van der Waals surface area (Å²) in [6.07, 6.45) is 2.66. The van der Waals surface area contributed by atoms with Gasteiger partial charge in [0.15, 0.2) is 0 Å². The van der Waals surface area contributed by atoms with Gasteiger partial charge in [0.05, 0.1) is 24.6 Å². The third-order valence-corrected chi connectivity index (χ3v) is 5.37. The van der Waals surface area contributed by atoms with E-state index in [4.69, 9.17) is 4.74 Å². The third kappa shape index (κ3) is 4.15. The van der Waals surface area contributed by atoms with Crippen LogP contribution in [0.15, 0.2) is 47.6 Å². The molecular formula is C25H29N3O2. The van der Waals surface area contributed by atoms with E-state index in [0.29, 0.717) is 11.3 Å². The van der Waals surface area contributed by atoms with Crippen LogP contribution in [-0.4, -0.2) is 23.8 Å². The second-order valence-corrected chi connectivity index (χ2v) is 7.50. The van der Waals surface area contributed by atoms with Crippen LogP contribution in [-0.2, 0) is 6.42 Å². The molecular weight excluding hydrogens is 374 g/mol. The smallest absolute Gasteiger partial charge is 0.275 e. The average Bonchev–Trinajstić information content (AvgIpc) is 3.00. The number of ether oxygens (including phenoxy) is 1. The molecule has 0 atom stereocenters. The Bertz CT molecular complexity index is 1110. The van der Waals surface area contributed by atoms with E-state index >= 15 is 0 Å². The molecule has 156 valence electrons. The largest absolute Gasteiger partial charge is 0.496 e. The van der Waals surface area contributed by atoms with Crippen LogP contribution < -0.4 is 10.2 Å². The molecule has 1 heterocycles. The summed E-state index contributed by atoms with van der Waals surface area (Å²) in [6.45, 7) is 10.4. The van der Waals surface area contributed by atoms with Crippen molar-refractivity contribution in [3.05, 3.63) is 81.7 Å². The lowest BCUT2D eigenvalue weighted by Gasteiger charge is -2.17. The van der Waals surface area contributed by atoms with Crippen molar-refractivity contribution in [3.8, 4) is 11.4 Å². The molecule has 5 nitrogen and oxygen atoms in total. The minimum absolute atomic E-state index is 0.302. The van der Waals surface area contributed by atoms with Crippen LogP contribution in [0.3, 0.4) is 0 Å². The van der Waals surface area contributed by atoms with Crippen LogP contribution in [0.4, 0.5) is 0 Å². The van der Waals surface area contributed by atoms with Gasteiger partial charge in [-0.1, -0.05) is 31.2 Å². The number of aryl methyl sites for hydroxylation is 4. The molecule has 1 N–H and O–H groups in total. The number of nitrogens with one attached hydrogen (secondary N) is 1. The number of carbonyl (C=O) groups is 1. The first kappa shape index (κ1) is 21.4. The number of hydrogen-bond acceptors (Lipinski definition) is 3. The molecule has 3 aromatic rings. The molecule has 0 aliphatic heterocycles. The standard InChI is InChI=1S/C25H29N3O2/c1-7-20-10-8-9-17(3)24(20)28-18(4)14-21(19(28)5)15-26-27-25(29)22-12-11-16(2)13-23(22)30-6/h8-15H,7H2,1-6H3,(H,27,29)/b26-15-. The summed E-state index contributed by atoms with van der Waals surface area (Å²) in [6, 6.07) is 13.9. The number of rotatable bonds is 6. The number of methoxy groups -OCH3 is 1. The summed E-state index contributed by atoms with van der Waals surface area (Å²) in [4.78, 5) is 12.5. The molecule has 0 saturated carbocycles. The van der Waals surface area contributed by atoms with Crippen LogP contribution in [0.1, 0.15) is 50.9 Å². The molecule has 2 aromatic carbocycles. The number of nitrogens with zero attached hydrogens (tertiary/aromatic N) is 2. The molecule has 0 fully saturated rings. The highest BCUT2D eigenvalue weighted by atomic mass is 16.5. The Labute approximate surface area is 178 Å². The predicted octanol–water partition coefficient (Wildman–Crippen LogP) is 5.05. The maximum absolute atomic E-state index is 12.5. The van der Waals surface area contributed by atoms with Crippen molar-refractivity contribution < 1.29 is 9.53 Å². The quantitative estimate of drug-likeness (QED) is 0.463. The van der Waals surface area contributed by atoms with Crippen molar-refractivity contribution in [3.63, 3.8) is 0 Å². The number of hydrazone groups is 1. The first-order valence-corrected chi connectivity index (χ1v) is 10.1. The van der Waals surface area contributed by atoms with Crippen LogP contribution in [0.5, 0.6) is 5.75 Å². The highest BCUT2D eigenvalue weighted by Crippen LogP contribution is 2.26. The molecule has 3 rings (SSSR count). The molecule has 5 heteroatoms. The zero-order valence-electron chi connectivity index (χ0n) is 18.5. The zero-order valence-corrected chi connectivity index (χ0v) is 18.5. The normalized spacial score (nSPS) is 11.1. The lowest BCUT2D eigenvalue weighted by atomic mass is 10.1. The lowest BCUT2D eigenvalue weighted by molar-refractivity contribution is 0.0952. The van der Waals surface area contributed by atoms with E-state index < -0.39 is 0 Å². The Balaban J connectivity index is 1.87. The fraction of sp³-hybridized carbons (Fsp3) is 0.280. The second kappa shape index (κ2) is 8.99. The molecule has 0 bridgehead atoms. The van der Waals surface area contributed by atoms with E-state index in [0.717, 1.165) is 28.9 Å². The van der Waals surface area contributed by atoms with E-state index in [-0.39, 0.29) is 5.91 Å². The molecule has 1 aromatic heterocycles. The van der Waals surface area contributed by atoms with Gasteiger partial charge in [-0.2, -0.15) is 5.10 Å². The Morgan fingerprint density at radius 1 is 1.13 bits per heavy atom. The molecule has 0 saturated heterocycles. The van der Waals surface area contributed by atoms with Crippen molar-refractivity contribution in [2.45, 2.75) is 41.0 Å². The fourth-order valence-electron chi connectivity index (χ4n) is 3.79. The van der Waals surface area contributed by atoms with E-state index in [1.54, 1.807) is 19.4 Å². The van der Waals surface area contributed by atoms with Gasteiger partial charge in [-0.25, -0.2) is 5.43 Å². The van der Waals surface area contributed by atoms with Crippen molar-refractivity contribution >= 4 is 12.1 Å². The monoisotopic (exact) mass is 403 g/mol. The summed E-state index contributed by atoms with van der Waals surface area (Å²) in [5.74, 6) is 0.233. The zero-order chi connectivity index (χ0) is 21.8. The van der Waals surface area contributed by atoms with E-state index in [1.807, 2.05) is 19.1 Å². The van der Waals surface area contributed by atoms with Crippen LogP contribution in [0.2, 0.25) is 0 Å². The minimum Gasteiger partial charge on any atom is -0.496 e.